The van der Waals surface area contributed by atoms with Crippen molar-refractivity contribution in [3.8, 4) is 0 Å². The van der Waals surface area contributed by atoms with Gasteiger partial charge in [0.2, 0.25) is 0 Å². The first-order valence-electron chi connectivity index (χ1n) is 5.49. The van der Waals surface area contributed by atoms with Crippen molar-refractivity contribution in [3.05, 3.63) is 35.6 Å². The molecule has 0 spiro atoms. The minimum atomic E-state index is -0.379. The number of carbonyl (C=O) groups is 1. The van der Waals surface area contributed by atoms with Gasteiger partial charge in [-0.25, -0.2) is 14.7 Å². The highest BCUT2D eigenvalue weighted by Gasteiger charge is 2.44. The fourth-order valence-corrected chi connectivity index (χ4v) is 1.92. The summed E-state index contributed by atoms with van der Waals surface area (Å²) < 4.78 is 13.1. The van der Waals surface area contributed by atoms with Crippen LogP contribution in [0.4, 0.5) is 9.18 Å². The number of amides is 2. The van der Waals surface area contributed by atoms with E-state index in [1.807, 2.05) is 6.07 Å². The fraction of sp³-hybridized carbons (Fsp3) is 0.417. The van der Waals surface area contributed by atoms with Gasteiger partial charge < -0.3 is 5.32 Å². The van der Waals surface area contributed by atoms with Crippen molar-refractivity contribution in [2.24, 2.45) is 0 Å². The lowest BCUT2D eigenvalue weighted by Crippen LogP contribution is -2.39. The largest absolute Gasteiger partial charge is 0.338 e. The molecular formula is C12H15FN2O2. The van der Waals surface area contributed by atoms with Gasteiger partial charge in [0.1, 0.15) is 5.82 Å². The molecule has 2 rings (SSSR count). The van der Waals surface area contributed by atoms with Crippen LogP contribution in [0.5, 0.6) is 0 Å². The lowest BCUT2D eigenvalue weighted by atomic mass is 9.96. The molecule has 0 radical (unpaired) electrons. The zero-order chi connectivity index (χ0) is 12.3. The summed E-state index contributed by atoms with van der Waals surface area (Å²) in [4.78, 5) is 15.7. The molecule has 1 aliphatic rings. The van der Waals surface area contributed by atoms with Gasteiger partial charge in [0, 0.05) is 12.0 Å². The average molecular weight is 238 g/mol. The van der Waals surface area contributed by atoms with Gasteiger partial charge >= 0.3 is 6.03 Å². The summed E-state index contributed by atoms with van der Waals surface area (Å²) in [6.45, 7) is 0.492. The Morgan fingerprint density at radius 1 is 1.53 bits per heavy atom. The van der Waals surface area contributed by atoms with Crippen molar-refractivity contribution in [2.45, 2.75) is 18.3 Å². The maximum absolute atomic E-state index is 13.1. The first-order chi connectivity index (χ1) is 8.16. The summed E-state index contributed by atoms with van der Waals surface area (Å²) in [7, 11) is 1.37. The van der Waals surface area contributed by atoms with Crippen LogP contribution in [0, 0.1) is 5.82 Å². The molecule has 0 atom stereocenters. The molecule has 1 fully saturated rings. The number of rotatable bonds is 4. The van der Waals surface area contributed by atoms with Crippen molar-refractivity contribution in [3.63, 3.8) is 0 Å². The number of urea groups is 1. The van der Waals surface area contributed by atoms with Gasteiger partial charge in [0.05, 0.1) is 7.11 Å². The van der Waals surface area contributed by atoms with Crippen LogP contribution in [0.1, 0.15) is 18.4 Å². The Kier molecular flexibility index (Phi) is 3.28. The van der Waals surface area contributed by atoms with E-state index in [-0.39, 0.29) is 17.3 Å². The van der Waals surface area contributed by atoms with Crippen LogP contribution >= 0.6 is 0 Å². The highest BCUT2D eigenvalue weighted by Crippen LogP contribution is 2.47. The number of hydrogen-bond acceptors (Lipinski definition) is 2. The summed E-state index contributed by atoms with van der Waals surface area (Å²) in [6, 6.07) is 6.16. The van der Waals surface area contributed by atoms with Crippen LogP contribution in [-0.4, -0.2) is 19.7 Å². The molecule has 5 heteroatoms. The number of carbonyl (C=O) groups excluding carboxylic acids is 1. The third kappa shape index (κ3) is 2.74. The van der Waals surface area contributed by atoms with Crippen molar-refractivity contribution in [2.75, 3.05) is 13.7 Å². The smallest absolute Gasteiger partial charge is 0.335 e. The summed E-state index contributed by atoms with van der Waals surface area (Å²) in [6.07, 6.45) is 1.92. The second-order valence-corrected chi connectivity index (χ2v) is 4.28. The van der Waals surface area contributed by atoms with E-state index in [0.717, 1.165) is 18.4 Å². The Hall–Kier alpha value is -1.62. The molecule has 0 heterocycles. The van der Waals surface area contributed by atoms with Crippen LogP contribution in [0.25, 0.3) is 0 Å². The molecule has 1 aromatic carbocycles. The lowest BCUT2D eigenvalue weighted by molar-refractivity contribution is 0.107. The first kappa shape index (κ1) is 11.9. The highest BCUT2D eigenvalue weighted by atomic mass is 19.1. The zero-order valence-electron chi connectivity index (χ0n) is 9.63. The molecule has 0 aromatic heterocycles. The molecule has 1 aromatic rings. The van der Waals surface area contributed by atoms with Gasteiger partial charge in [0.15, 0.2) is 0 Å². The summed E-state index contributed by atoms with van der Waals surface area (Å²) in [5.74, 6) is -0.241. The van der Waals surface area contributed by atoms with Crippen LogP contribution in [-0.2, 0) is 10.3 Å². The van der Waals surface area contributed by atoms with Crippen molar-refractivity contribution in [1.82, 2.24) is 10.8 Å². The van der Waals surface area contributed by atoms with E-state index < -0.39 is 0 Å². The number of halogens is 1. The minimum Gasteiger partial charge on any atom is -0.335 e. The van der Waals surface area contributed by atoms with E-state index in [0.29, 0.717) is 6.54 Å². The van der Waals surface area contributed by atoms with Crippen LogP contribution in [0.3, 0.4) is 0 Å². The van der Waals surface area contributed by atoms with Gasteiger partial charge in [0.25, 0.3) is 0 Å². The van der Waals surface area contributed by atoms with E-state index in [1.165, 1.54) is 19.2 Å². The monoisotopic (exact) mass is 238 g/mol. The zero-order valence-corrected chi connectivity index (χ0v) is 9.63. The molecule has 0 saturated heterocycles. The van der Waals surface area contributed by atoms with Crippen molar-refractivity contribution in [1.29, 1.82) is 0 Å². The third-order valence-corrected chi connectivity index (χ3v) is 3.07. The second-order valence-electron chi connectivity index (χ2n) is 4.28. The molecule has 4 nitrogen and oxygen atoms in total. The van der Waals surface area contributed by atoms with E-state index in [9.17, 15) is 9.18 Å². The molecule has 0 aliphatic heterocycles. The van der Waals surface area contributed by atoms with Gasteiger partial charge in [-0.3, -0.25) is 4.84 Å². The topological polar surface area (TPSA) is 50.4 Å². The molecule has 1 aliphatic carbocycles. The SMILES string of the molecule is CONC(=O)NCC1(c2cccc(F)c2)CC1. The molecule has 1 saturated carbocycles. The Bertz CT molecular complexity index is 419. The van der Waals surface area contributed by atoms with Crippen LogP contribution in [0.2, 0.25) is 0 Å². The number of hydroxylamine groups is 1. The first-order valence-corrected chi connectivity index (χ1v) is 5.49. The molecule has 0 unspecified atom stereocenters. The van der Waals surface area contributed by atoms with E-state index >= 15 is 0 Å². The number of benzene rings is 1. The highest BCUT2D eigenvalue weighted by molar-refractivity contribution is 5.72. The molecule has 2 amide bonds. The summed E-state index contributed by atoms with van der Waals surface area (Å²) in [5.41, 5.74) is 3.02. The summed E-state index contributed by atoms with van der Waals surface area (Å²) >= 11 is 0. The second kappa shape index (κ2) is 4.71. The third-order valence-electron chi connectivity index (χ3n) is 3.07. The average Bonchev–Trinajstić information content (AvgIpc) is 3.08. The van der Waals surface area contributed by atoms with E-state index in [4.69, 9.17) is 0 Å². The Balaban J connectivity index is 1.98. The van der Waals surface area contributed by atoms with Gasteiger partial charge in [-0.05, 0) is 30.5 Å². The lowest BCUT2D eigenvalue weighted by Gasteiger charge is -2.16. The standard InChI is InChI=1S/C12H15FN2O2/c1-17-15-11(16)14-8-12(5-6-12)9-3-2-4-10(13)7-9/h2-4,7H,5-6,8H2,1H3,(H2,14,15,16). The minimum absolute atomic E-state index is 0.104. The number of nitrogens with one attached hydrogen (secondary N) is 2. The van der Waals surface area contributed by atoms with E-state index in [1.54, 1.807) is 6.07 Å². The van der Waals surface area contributed by atoms with Gasteiger partial charge in [-0.15, -0.1) is 0 Å². The normalized spacial score (nSPS) is 16.4. The molecule has 92 valence electrons. The molecule has 2 N–H and O–H groups in total. The molecule has 17 heavy (non-hydrogen) atoms. The van der Waals surface area contributed by atoms with Crippen LogP contribution in [0.15, 0.2) is 24.3 Å². The molecule has 0 bridgehead atoms. The van der Waals surface area contributed by atoms with Gasteiger partial charge in [-0.1, -0.05) is 12.1 Å². The maximum atomic E-state index is 13.1. The van der Waals surface area contributed by atoms with Gasteiger partial charge in [-0.2, -0.15) is 0 Å². The maximum Gasteiger partial charge on any atom is 0.338 e. The summed E-state index contributed by atoms with van der Waals surface area (Å²) in [5, 5.41) is 2.71. The predicted molar refractivity (Wildman–Crippen MR) is 60.9 cm³/mol. The quantitative estimate of drug-likeness (QED) is 0.785. The predicted octanol–water partition coefficient (Wildman–Crippen LogP) is 1.72. The fourth-order valence-electron chi connectivity index (χ4n) is 1.92. The molecular weight excluding hydrogens is 223 g/mol. The number of hydrogen-bond donors (Lipinski definition) is 2. The van der Waals surface area contributed by atoms with Crippen LogP contribution < -0.4 is 10.8 Å². The van der Waals surface area contributed by atoms with Crippen molar-refractivity contribution < 1.29 is 14.0 Å². The van der Waals surface area contributed by atoms with E-state index in [2.05, 4.69) is 15.6 Å². The Labute approximate surface area is 99.1 Å². The van der Waals surface area contributed by atoms with Crippen molar-refractivity contribution >= 4 is 6.03 Å². The Morgan fingerprint density at radius 3 is 2.88 bits per heavy atom. The Morgan fingerprint density at radius 2 is 2.29 bits per heavy atom.